The normalized spacial score (nSPS) is 26.8. The third kappa shape index (κ3) is 4.31. The molecule has 0 aliphatic heterocycles. The molecule has 0 saturated heterocycles. The zero-order chi connectivity index (χ0) is 15.3. The van der Waals surface area contributed by atoms with E-state index in [0.29, 0.717) is 17.6 Å². The Kier molecular flexibility index (Phi) is 5.83. The minimum Gasteiger partial charge on any atom is -0.372 e. The SMILES string of the molecule is CCC(C)(C)C1CCC(NC)C(OCc2ccccc2)C1. The summed E-state index contributed by atoms with van der Waals surface area (Å²) >= 11 is 0. The second-order valence-electron chi connectivity index (χ2n) is 7.08. The summed E-state index contributed by atoms with van der Waals surface area (Å²) in [6.07, 6.45) is 5.30. The summed E-state index contributed by atoms with van der Waals surface area (Å²) in [6, 6.07) is 11.0. The second kappa shape index (κ2) is 7.42. The van der Waals surface area contributed by atoms with Gasteiger partial charge in [-0.25, -0.2) is 0 Å². The van der Waals surface area contributed by atoms with Crippen molar-refractivity contribution in [2.24, 2.45) is 11.3 Å². The summed E-state index contributed by atoms with van der Waals surface area (Å²) in [6.45, 7) is 7.85. The number of ether oxygens (including phenoxy) is 1. The summed E-state index contributed by atoms with van der Waals surface area (Å²) < 4.78 is 6.28. The average Bonchev–Trinajstić information content (AvgIpc) is 2.53. The Balaban J connectivity index is 1.97. The predicted molar refractivity (Wildman–Crippen MR) is 89.3 cm³/mol. The van der Waals surface area contributed by atoms with Crippen LogP contribution in [0, 0.1) is 11.3 Å². The summed E-state index contributed by atoms with van der Waals surface area (Å²) in [5.41, 5.74) is 1.69. The highest BCUT2D eigenvalue weighted by atomic mass is 16.5. The van der Waals surface area contributed by atoms with Gasteiger partial charge in [0.15, 0.2) is 0 Å². The van der Waals surface area contributed by atoms with Crippen LogP contribution < -0.4 is 5.32 Å². The molecule has 0 radical (unpaired) electrons. The number of nitrogens with one attached hydrogen (secondary N) is 1. The molecule has 2 heteroatoms. The van der Waals surface area contributed by atoms with Crippen LogP contribution >= 0.6 is 0 Å². The average molecular weight is 289 g/mol. The maximum Gasteiger partial charge on any atom is 0.0735 e. The third-order valence-electron chi connectivity index (χ3n) is 5.49. The van der Waals surface area contributed by atoms with Crippen molar-refractivity contribution in [3.63, 3.8) is 0 Å². The quantitative estimate of drug-likeness (QED) is 0.838. The van der Waals surface area contributed by atoms with Gasteiger partial charge in [-0.2, -0.15) is 0 Å². The fraction of sp³-hybridized carbons (Fsp3) is 0.684. The van der Waals surface area contributed by atoms with Gasteiger partial charge in [-0.1, -0.05) is 57.5 Å². The van der Waals surface area contributed by atoms with Gasteiger partial charge >= 0.3 is 0 Å². The first-order valence-electron chi connectivity index (χ1n) is 8.39. The van der Waals surface area contributed by atoms with E-state index >= 15 is 0 Å². The zero-order valence-electron chi connectivity index (χ0n) is 14.1. The molecule has 3 unspecified atom stereocenters. The fourth-order valence-electron chi connectivity index (χ4n) is 3.42. The van der Waals surface area contributed by atoms with Gasteiger partial charge in [0.1, 0.15) is 0 Å². The molecule has 118 valence electrons. The van der Waals surface area contributed by atoms with Crippen LogP contribution in [0.2, 0.25) is 0 Å². The van der Waals surface area contributed by atoms with Crippen LogP contribution in [0.3, 0.4) is 0 Å². The summed E-state index contributed by atoms with van der Waals surface area (Å²) in [5, 5.41) is 3.46. The Morgan fingerprint density at radius 1 is 1.19 bits per heavy atom. The molecule has 1 aromatic carbocycles. The first kappa shape index (κ1) is 16.5. The van der Waals surface area contributed by atoms with E-state index in [1.54, 1.807) is 0 Å². The first-order valence-corrected chi connectivity index (χ1v) is 8.39. The van der Waals surface area contributed by atoms with E-state index < -0.39 is 0 Å². The van der Waals surface area contributed by atoms with Crippen molar-refractivity contribution >= 4 is 0 Å². The molecule has 3 atom stereocenters. The van der Waals surface area contributed by atoms with Gasteiger partial charge in [-0.15, -0.1) is 0 Å². The number of rotatable bonds is 6. The van der Waals surface area contributed by atoms with Crippen molar-refractivity contribution in [2.45, 2.75) is 65.2 Å². The highest BCUT2D eigenvalue weighted by molar-refractivity contribution is 5.13. The van der Waals surface area contributed by atoms with E-state index in [1.165, 1.54) is 31.2 Å². The molecular weight excluding hydrogens is 258 g/mol. The zero-order valence-corrected chi connectivity index (χ0v) is 14.1. The van der Waals surface area contributed by atoms with Crippen molar-refractivity contribution in [1.29, 1.82) is 0 Å². The lowest BCUT2D eigenvalue weighted by Gasteiger charge is -2.43. The molecule has 0 heterocycles. The lowest BCUT2D eigenvalue weighted by Crippen LogP contribution is -2.46. The monoisotopic (exact) mass is 289 g/mol. The molecule has 2 rings (SSSR count). The maximum absolute atomic E-state index is 6.28. The molecule has 1 aliphatic rings. The van der Waals surface area contributed by atoms with Crippen molar-refractivity contribution < 1.29 is 4.74 Å². The molecule has 1 N–H and O–H groups in total. The van der Waals surface area contributed by atoms with Gasteiger partial charge in [0.05, 0.1) is 12.7 Å². The summed E-state index contributed by atoms with van der Waals surface area (Å²) in [7, 11) is 2.06. The number of likely N-dealkylation sites (N-methyl/N-ethyl adjacent to an activating group) is 1. The van der Waals surface area contributed by atoms with Gasteiger partial charge in [0.2, 0.25) is 0 Å². The van der Waals surface area contributed by atoms with Crippen LogP contribution in [0.5, 0.6) is 0 Å². The molecule has 0 spiro atoms. The van der Waals surface area contributed by atoms with E-state index in [1.807, 2.05) is 0 Å². The van der Waals surface area contributed by atoms with Gasteiger partial charge in [0, 0.05) is 6.04 Å². The Hall–Kier alpha value is -0.860. The molecule has 21 heavy (non-hydrogen) atoms. The Morgan fingerprint density at radius 3 is 2.52 bits per heavy atom. The smallest absolute Gasteiger partial charge is 0.0735 e. The minimum absolute atomic E-state index is 0.333. The molecule has 0 amide bonds. The predicted octanol–water partition coefficient (Wildman–Crippen LogP) is 4.40. The minimum atomic E-state index is 0.333. The molecule has 1 aliphatic carbocycles. The van der Waals surface area contributed by atoms with E-state index in [9.17, 15) is 0 Å². The Labute approximate surface area is 130 Å². The van der Waals surface area contributed by atoms with E-state index in [0.717, 1.165) is 12.5 Å². The Bertz CT molecular complexity index is 415. The second-order valence-corrected chi connectivity index (χ2v) is 7.08. The maximum atomic E-state index is 6.28. The molecule has 1 saturated carbocycles. The molecule has 0 aromatic heterocycles. The van der Waals surface area contributed by atoms with Crippen LogP contribution in [0.1, 0.15) is 52.0 Å². The van der Waals surface area contributed by atoms with Crippen LogP contribution in [-0.4, -0.2) is 19.2 Å². The summed E-state index contributed by atoms with van der Waals surface area (Å²) in [4.78, 5) is 0. The van der Waals surface area contributed by atoms with Gasteiger partial charge in [-0.3, -0.25) is 0 Å². The van der Waals surface area contributed by atoms with E-state index in [-0.39, 0.29) is 0 Å². The van der Waals surface area contributed by atoms with Crippen LogP contribution in [0.15, 0.2) is 30.3 Å². The van der Waals surface area contributed by atoms with E-state index in [4.69, 9.17) is 4.74 Å². The number of hydrogen-bond acceptors (Lipinski definition) is 2. The Morgan fingerprint density at radius 2 is 1.90 bits per heavy atom. The van der Waals surface area contributed by atoms with Crippen molar-refractivity contribution in [3.8, 4) is 0 Å². The molecular formula is C19H31NO. The van der Waals surface area contributed by atoms with Crippen molar-refractivity contribution in [1.82, 2.24) is 5.32 Å². The van der Waals surface area contributed by atoms with Crippen molar-refractivity contribution in [3.05, 3.63) is 35.9 Å². The third-order valence-corrected chi connectivity index (χ3v) is 5.49. The number of benzene rings is 1. The van der Waals surface area contributed by atoms with Crippen LogP contribution in [0.4, 0.5) is 0 Å². The lowest BCUT2D eigenvalue weighted by atomic mass is 9.68. The van der Waals surface area contributed by atoms with Gasteiger partial charge < -0.3 is 10.1 Å². The summed E-state index contributed by atoms with van der Waals surface area (Å²) in [5.74, 6) is 0.771. The standard InChI is InChI=1S/C19H31NO/c1-5-19(2,3)16-11-12-17(20-4)18(13-16)21-14-15-9-7-6-8-10-15/h6-10,16-18,20H,5,11-14H2,1-4H3. The van der Waals surface area contributed by atoms with E-state index in [2.05, 4.69) is 63.5 Å². The van der Waals surface area contributed by atoms with Crippen LogP contribution in [-0.2, 0) is 11.3 Å². The van der Waals surface area contributed by atoms with Crippen molar-refractivity contribution in [2.75, 3.05) is 7.05 Å². The number of hydrogen-bond donors (Lipinski definition) is 1. The molecule has 2 nitrogen and oxygen atoms in total. The highest BCUT2D eigenvalue weighted by Crippen LogP contribution is 2.41. The molecule has 1 fully saturated rings. The van der Waals surface area contributed by atoms with Gasteiger partial charge in [0.25, 0.3) is 0 Å². The topological polar surface area (TPSA) is 21.3 Å². The fourth-order valence-corrected chi connectivity index (χ4v) is 3.42. The highest BCUT2D eigenvalue weighted by Gasteiger charge is 2.37. The first-order chi connectivity index (χ1) is 10.1. The van der Waals surface area contributed by atoms with Crippen LogP contribution in [0.25, 0.3) is 0 Å². The van der Waals surface area contributed by atoms with Gasteiger partial charge in [-0.05, 0) is 43.2 Å². The lowest BCUT2D eigenvalue weighted by molar-refractivity contribution is -0.0378. The largest absolute Gasteiger partial charge is 0.372 e. The molecule has 0 bridgehead atoms. The molecule has 1 aromatic rings.